The van der Waals surface area contributed by atoms with E-state index in [1.54, 1.807) is 12.1 Å². The summed E-state index contributed by atoms with van der Waals surface area (Å²) in [7, 11) is 4.37. The molecule has 0 saturated carbocycles. The Morgan fingerprint density at radius 3 is 1.44 bits per heavy atom. The molecule has 0 saturated heterocycles. The molecule has 0 unspecified atom stereocenters. The number of aryl methyl sites for hydroxylation is 2. The van der Waals surface area contributed by atoms with Gasteiger partial charge in [0.2, 0.25) is 11.6 Å². The van der Waals surface area contributed by atoms with E-state index in [9.17, 15) is 24.9 Å². The summed E-state index contributed by atoms with van der Waals surface area (Å²) in [5.41, 5.74) is 4.22. The van der Waals surface area contributed by atoms with Gasteiger partial charge in [-0.1, -0.05) is 12.1 Å². The smallest absolute Gasteiger partial charge is 0.201 e. The number of phenolic OH excluding ortho intramolecular Hbond substituents is 3. The first-order chi connectivity index (χ1) is 19.6. The quantitative estimate of drug-likeness (QED) is 0.303. The Balaban J connectivity index is 1.81. The van der Waals surface area contributed by atoms with E-state index in [0.717, 1.165) is 11.1 Å². The van der Waals surface area contributed by atoms with Crippen molar-refractivity contribution in [3.8, 4) is 34.5 Å². The van der Waals surface area contributed by atoms with Crippen molar-refractivity contribution in [1.29, 1.82) is 0 Å². The number of rotatable bonds is 4. The molecule has 4 aromatic carbocycles. The van der Waals surface area contributed by atoms with Crippen LogP contribution in [0.5, 0.6) is 34.5 Å². The highest BCUT2D eigenvalue weighted by Gasteiger charge is 2.46. The monoisotopic (exact) mass is 552 g/mol. The van der Waals surface area contributed by atoms with E-state index in [2.05, 4.69) is 0 Å². The van der Waals surface area contributed by atoms with Gasteiger partial charge in [-0.2, -0.15) is 0 Å². The number of hydrogen-bond donors (Lipinski definition) is 3. The second kappa shape index (κ2) is 9.30. The molecule has 8 heteroatoms. The minimum absolute atomic E-state index is 0.110. The van der Waals surface area contributed by atoms with Crippen LogP contribution in [0.25, 0.3) is 0 Å². The minimum Gasteiger partial charge on any atom is -0.508 e. The van der Waals surface area contributed by atoms with Gasteiger partial charge >= 0.3 is 0 Å². The molecule has 2 aliphatic carbocycles. The van der Waals surface area contributed by atoms with Crippen molar-refractivity contribution in [2.24, 2.45) is 0 Å². The lowest BCUT2D eigenvalue weighted by Crippen LogP contribution is -2.30. The van der Waals surface area contributed by atoms with E-state index in [0.29, 0.717) is 28.0 Å². The molecule has 2 aliphatic rings. The largest absolute Gasteiger partial charge is 0.508 e. The molecule has 0 heterocycles. The molecule has 0 spiro atoms. The standard InChI is InChI=1S/C33H28O8/c1-14-6-18-26(20-10-16(34)11-24(40-4)30(20)32(37)28(18)22(35)8-14)27-19-7-15(2)9-23(36)29(19)33(38)31-21(27)12-17(39-3)13-25(31)41-5/h6-13,26-27,34-36H,1-5H3/t26-,27-/m1/s1. The lowest BCUT2D eigenvalue weighted by molar-refractivity contribution is 0.101. The van der Waals surface area contributed by atoms with Crippen molar-refractivity contribution in [3.05, 3.63) is 104 Å². The third-order valence-corrected chi connectivity index (χ3v) is 8.07. The van der Waals surface area contributed by atoms with Crippen LogP contribution < -0.4 is 14.2 Å². The Morgan fingerprint density at radius 2 is 0.976 bits per heavy atom. The SMILES string of the molecule is COc1cc(OC)c2c(c1)[C@H]([C@@H]1c3cc(C)cc(O)c3C(=O)c3c(OC)cc(O)cc31)c1cc(C)cc(O)c1C2=O. The molecule has 8 nitrogen and oxygen atoms in total. The van der Waals surface area contributed by atoms with Crippen molar-refractivity contribution < 1.29 is 39.1 Å². The Labute approximate surface area is 236 Å². The maximum Gasteiger partial charge on any atom is 0.201 e. The highest BCUT2D eigenvalue weighted by Crippen LogP contribution is 2.57. The van der Waals surface area contributed by atoms with Crippen molar-refractivity contribution in [2.45, 2.75) is 25.7 Å². The second-order valence-electron chi connectivity index (χ2n) is 10.5. The molecule has 208 valence electrons. The number of ketones is 2. The molecule has 0 radical (unpaired) electrons. The number of carbonyl (C=O) groups is 2. The molecule has 0 fully saturated rings. The van der Waals surface area contributed by atoms with Gasteiger partial charge in [-0.05, 0) is 71.5 Å². The fourth-order valence-electron chi connectivity index (χ4n) is 6.53. The Kier molecular flexibility index (Phi) is 5.95. The first kappa shape index (κ1) is 26.3. The van der Waals surface area contributed by atoms with Crippen molar-refractivity contribution >= 4 is 11.6 Å². The van der Waals surface area contributed by atoms with Crippen LogP contribution in [0, 0.1) is 13.8 Å². The fourth-order valence-corrected chi connectivity index (χ4v) is 6.53. The van der Waals surface area contributed by atoms with E-state index in [1.165, 1.54) is 45.6 Å². The van der Waals surface area contributed by atoms with Gasteiger partial charge in [-0.15, -0.1) is 0 Å². The fraction of sp³-hybridized carbons (Fsp3) is 0.212. The number of methoxy groups -OCH3 is 3. The summed E-state index contributed by atoms with van der Waals surface area (Å²) < 4.78 is 16.8. The van der Waals surface area contributed by atoms with Crippen LogP contribution >= 0.6 is 0 Å². The molecule has 41 heavy (non-hydrogen) atoms. The first-order valence-electron chi connectivity index (χ1n) is 13.0. The predicted molar refractivity (Wildman–Crippen MR) is 150 cm³/mol. The predicted octanol–water partition coefficient (Wildman–Crippen LogP) is 5.50. The van der Waals surface area contributed by atoms with Crippen LogP contribution in [0.3, 0.4) is 0 Å². The Morgan fingerprint density at radius 1 is 0.537 bits per heavy atom. The van der Waals surface area contributed by atoms with Crippen LogP contribution in [0.15, 0.2) is 48.5 Å². The maximum absolute atomic E-state index is 14.0. The van der Waals surface area contributed by atoms with Crippen molar-refractivity contribution in [2.75, 3.05) is 21.3 Å². The van der Waals surface area contributed by atoms with Crippen LogP contribution in [0.1, 0.15) is 77.1 Å². The number of hydrogen-bond acceptors (Lipinski definition) is 8. The lowest BCUT2D eigenvalue weighted by Gasteiger charge is -2.39. The van der Waals surface area contributed by atoms with Crippen LogP contribution in [0.2, 0.25) is 0 Å². The topological polar surface area (TPSA) is 123 Å². The molecule has 3 N–H and O–H groups in total. The number of phenols is 3. The normalized spacial score (nSPS) is 16.8. The van der Waals surface area contributed by atoms with Crippen LogP contribution in [-0.4, -0.2) is 48.2 Å². The summed E-state index contributed by atoms with van der Waals surface area (Å²) in [6.07, 6.45) is 0. The summed E-state index contributed by atoms with van der Waals surface area (Å²) in [5.74, 6) is -1.81. The molecular weight excluding hydrogens is 524 g/mol. The van der Waals surface area contributed by atoms with Crippen LogP contribution in [-0.2, 0) is 0 Å². The number of ether oxygens (including phenoxy) is 3. The number of carbonyl (C=O) groups excluding carboxylic acids is 2. The molecule has 4 aromatic rings. The zero-order valence-corrected chi connectivity index (χ0v) is 23.2. The maximum atomic E-state index is 14.0. The van der Waals surface area contributed by atoms with E-state index < -0.39 is 23.4 Å². The number of benzene rings is 4. The Bertz CT molecular complexity index is 1800. The molecule has 0 aromatic heterocycles. The van der Waals surface area contributed by atoms with Gasteiger partial charge < -0.3 is 29.5 Å². The van der Waals surface area contributed by atoms with Gasteiger partial charge in [0.1, 0.15) is 34.5 Å². The van der Waals surface area contributed by atoms with Crippen LogP contribution in [0.4, 0.5) is 0 Å². The molecule has 0 aliphatic heterocycles. The van der Waals surface area contributed by atoms with Gasteiger partial charge in [-0.25, -0.2) is 0 Å². The van der Waals surface area contributed by atoms with E-state index in [4.69, 9.17) is 14.2 Å². The molecule has 2 atom stereocenters. The average Bonchev–Trinajstić information content (AvgIpc) is 2.92. The molecule has 6 rings (SSSR count). The van der Waals surface area contributed by atoms with Gasteiger partial charge in [0.25, 0.3) is 0 Å². The van der Waals surface area contributed by atoms with Gasteiger partial charge in [0, 0.05) is 24.0 Å². The average molecular weight is 553 g/mol. The lowest BCUT2D eigenvalue weighted by atomic mass is 9.63. The molecule has 0 amide bonds. The number of fused-ring (bicyclic) bond motifs is 4. The van der Waals surface area contributed by atoms with Crippen molar-refractivity contribution in [1.82, 2.24) is 0 Å². The molecule has 0 bridgehead atoms. The second-order valence-corrected chi connectivity index (χ2v) is 10.5. The first-order valence-corrected chi connectivity index (χ1v) is 13.0. The van der Waals surface area contributed by atoms with Crippen molar-refractivity contribution in [3.63, 3.8) is 0 Å². The minimum atomic E-state index is -0.701. The van der Waals surface area contributed by atoms with E-state index in [1.807, 2.05) is 26.0 Å². The third-order valence-electron chi connectivity index (χ3n) is 8.07. The van der Waals surface area contributed by atoms with Gasteiger partial charge in [0.05, 0.1) is 43.6 Å². The highest BCUT2D eigenvalue weighted by atomic mass is 16.5. The summed E-state index contributed by atoms with van der Waals surface area (Å²) >= 11 is 0. The summed E-state index contributed by atoms with van der Waals surface area (Å²) in [6, 6.07) is 13.0. The van der Waals surface area contributed by atoms with E-state index in [-0.39, 0.29) is 51.0 Å². The van der Waals surface area contributed by atoms with Gasteiger partial charge in [0.15, 0.2) is 0 Å². The number of aromatic hydroxyl groups is 3. The Hall–Kier alpha value is -4.98. The summed E-state index contributed by atoms with van der Waals surface area (Å²) in [4.78, 5) is 28.0. The zero-order chi connectivity index (χ0) is 29.3. The summed E-state index contributed by atoms with van der Waals surface area (Å²) in [6.45, 7) is 3.63. The highest BCUT2D eigenvalue weighted by molar-refractivity contribution is 6.18. The molecular formula is C33H28O8. The van der Waals surface area contributed by atoms with E-state index >= 15 is 0 Å². The third kappa shape index (κ3) is 3.74. The summed E-state index contributed by atoms with van der Waals surface area (Å²) in [5, 5.41) is 33.0. The van der Waals surface area contributed by atoms with Gasteiger partial charge in [-0.3, -0.25) is 9.59 Å². The zero-order valence-electron chi connectivity index (χ0n) is 23.2.